The third-order valence-corrected chi connectivity index (χ3v) is 2.49. The first-order chi connectivity index (χ1) is 8.61. The van der Waals surface area contributed by atoms with Gasteiger partial charge in [-0.3, -0.25) is 10.2 Å². The molecule has 0 unspecified atom stereocenters. The number of hydrogen-bond acceptors (Lipinski definition) is 5. The van der Waals surface area contributed by atoms with Crippen molar-refractivity contribution < 1.29 is 4.79 Å². The maximum Gasteiger partial charge on any atom is 0.287 e. The third kappa shape index (κ3) is 2.28. The second-order valence-corrected chi connectivity index (χ2v) is 3.83. The van der Waals surface area contributed by atoms with Crippen LogP contribution in [0.15, 0.2) is 30.5 Å². The molecule has 6 nitrogen and oxygen atoms in total. The molecular formula is C12H13N5O. The number of benzene rings is 1. The zero-order valence-corrected chi connectivity index (χ0v) is 9.84. The van der Waals surface area contributed by atoms with E-state index in [0.717, 1.165) is 11.1 Å². The first-order valence-electron chi connectivity index (χ1n) is 5.32. The third-order valence-electron chi connectivity index (χ3n) is 2.49. The summed E-state index contributed by atoms with van der Waals surface area (Å²) < 4.78 is 0. The van der Waals surface area contributed by atoms with Crippen LogP contribution in [0.25, 0.3) is 11.3 Å². The zero-order chi connectivity index (χ0) is 13.1. The Morgan fingerprint density at radius 1 is 1.28 bits per heavy atom. The lowest BCUT2D eigenvalue weighted by Gasteiger charge is -2.06. The Morgan fingerprint density at radius 2 is 1.94 bits per heavy atom. The summed E-state index contributed by atoms with van der Waals surface area (Å²) in [4.78, 5) is 19.6. The Balaban J connectivity index is 2.46. The van der Waals surface area contributed by atoms with Crippen LogP contribution < -0.4 is 17.0 Å². The van der Waals surface area contributed by atoms with Crippen molar-refractivity contribution in [2.75, 3.05) is 5.73 Å². The molecule has 92 valence electrons. The van der Waals surface area contributed by atoms with E-state index in [1.54, 1.807) is 0 Å². The van der Waals surface area contributed by atoms with Gasteiger partial charge in [-0.2, -0.15) is 0 Å². The average Bonchev–Trinajstić information content (AvgIpc) is 2.39. The van der Waals surface area contributed by atoms with E-state index < -0.39 is 5.91 Å². The number of anilines is 1. The van der Waals surface area contributed by atoms with Gasteiger partial charge in [-0.05, 0) is 6.92 Å². The van der Waals surface area contributed by atoms with Gasteiger partial charge in [0.2, 0.25) is 0 Å². The maximum absolute atomic E-state index is 11.5. The minimum absolute atomic E-state index is 0.0237. The van der Waals surface area contributed by atoms with Gasteiger partial charge in [-0.1, -0.05) is 29.8 Å². The van der Waals surface area contributed by atoms with Gasteiger partial charge in [-0.25, -0.2) is 15.8 Å². The van der Waals surface area contributed by atoms with E-state index in [1.165, 1.54) is 6.20 Å². The molecule has 0 aliphatic heterocycles. The van der Waals surface area contributed by atoms with Crippen LogP contribution in [-0.4, -0.2) is 15.9 Å². The van der Waals surface area contributed by atoms with Crippen molar-refractivity contribution in [1.82, 2.24) is 15.4 Å². The largest absolute Gasteiger partial charge is 0.382 e. The first kappa shape index (κ1) is 12.0. The minimum atomic E-state index is -0.561. The summed E-state index contributed by atoms with van der Waals surface area (Å²) in [6.45, 7) is 1.99. The van der Waals surface area contributed by atoms with Crippen LogP contribution in [-0.2, 0) is 0 Å². The number of nitrogens with two attached hydrogens (primary N) is 2. The number of aromatic nitrogens is 2. The van der Waals surface area contributed by atoms with Gasteiger partial charge in [-0.15, -0.1) is 0 Å². The van der Waals surface area contributed by atoms with E-state index >= 15 is 0 Å². The van der Waals surface area contributed by atoms with Gasteiger partial charge in [0.15, 0.2) is 11.5 Å². The van der Waals surface area contributed by atoms with Gasteiger partial charge >= 0.3 is 0 Å². The number of nitrogens with zero attached hydrogens (tertiary/aromatic N) is 2. The van der Waals surface area contributed by atoms with Gasteiger partial charge in [0.05, 0.1) is 11.9 Å². The predicted molar refractivity (Wildman–Crippen MR) is 68.3 cm³/mol. The van der Waals surface area contributed by atoms with Crippen molar-refractivity contribution in [2.24, 2.45) is 5.84 Å². The monoisotopic (exact) mass is 243 g/mol. The van der Waals surface area contributed by atoms with Crippen molar-refractivity contribution >= 4 is 11.7 Å². The van der Waals surface area contributed by atoms with Crippen LogP contribution in [0.2, 0.25) is 0 Å². The molecule has 0 bridgehead atoms. The Kier molecular flexibility index (Phi) is 3.20. The fourth-order valence-corrected chi connectivity index (χ4v) is 1.50. The highest BCUT2D eigenvalue weighted by molar-refractivity contribution is 5.96. The molecule has 5 N–H and O–H groups in total. The van der Waals surface area contributed by atoms with Crippen molar-refractivity contribution in [2.45, 2.75) is 6.92 Å². The Bertz CT molecular complexity index is 580. The van der Waals surface area contributed by atoms with E-state index in [9.17, 15) is 4.79 Å². The van der Waals surface area contributed by atoms with Crippen LogP contribution in [0.5, 0.6) is 0 Å². The van der Waals surface area contributed by atoms with Crippen molar-refractivity contribution in [3.8, 4) is 11.3 Å². The molecule has 2 aromatic rings. The SMILES string of the molecule is Cc1ccc(-c2cnc(N)c(C(=O)NN)n2)cc1. The summed E-state index contributed by atoms with van der Waals surface area (Å²) in [7, 11) is 0. The van der Waals surface area contributed by atoms with Gasteiger partial charge in [0, 0.05) is 5.56 Å². The van der Waals surface area contributed by atoms with Crippen molar-refractivity contribution in [3.63, 3.8) is 0 Å². The molecule has 1 aromatic carbocycles. The molecule has 0 saturated carbocycles. The molecule has 1 heterocycles. The molecule has 0 radical (unpaired) electrons. The molecule has 6 heteroatoms. The molecule has 0 fully saturated rings. The van der Waals surface area contributed by atoms with E-state index in [1.807, 2.05) is 36.6 Å². The number of nitrogen functional groups attached to an aromatic ring is 2. The van der Waals surface area contributed by atoms with E-state index in [0.29, 0.717) is 5.69 Å². The van der Waals surface area contributed by atoms with E-state index in [4.69, 9.17) is 11.6 Å². The lowest BCUT2D eigenvalue weighted by molar-refractivity contribution is 0.0949. The normalized spacial score (nSPS) is 10.1. The molecule has 0 atom stereocenters. The highest BCUT2D eigenvalue weighted by Gasteiger charge is 2.13. The van der Waals surface area contributed by atoms with E-state index in [-0.39, 0.29) is 11.5 Å². The molecule has 0 saturated heterocycles. The smallest absolute Gasteiger partial charge is 0.287 e. The summed E-state index contributed by atoms with van der Waals surface area (Å²) in [6, 6.07) is 7.71. The standard InChI is InChI=1S/C12H13N5O/c1-7-2-4-8(5-3-7)9-6-15-11(13)10(16-9)12(18)17-14/h2-6H,14H2,1H3,(H2,13,15)(H,17,18). The summed E-state index contributed by atoms with van der Waals surface area (Å²) >= 11 is 0. The molecule has 0 aliphatic rings. The van der Waals surface area contributed by atoms with Crippen molar-refractivity contribution in [3.05, 3.63) is 41.7 Å². The van der Waals surface area contributed by atoms with E-state index in [2.05, 4.69) is 9.97 Å². The molecular weight excluding hydrogens is 230 g/mol. The highest BCUT2D eigenvalue weighted by atomic mass is 16.2. The van der Waals surface area contributed by atoms with Gasteiger partial charge < -0.3 is 5.73 Å². The van der Waals surface area contributed by atoms with Crippen LogP contribution in [0.3, 0.4) is 0 Å². The number of aryl methyl sites for hydroxylation is 1. The molecule has 2 rings (SSSR count). The average molecular weight is 243 g/mol. The summed E-state index contributed by atoms with van der Waals surface area (Å²) in [5.41, 5.74) is 10.2. The number of carbonyl (C=O) groups is 1. The van der Waals surface area contributed by atoms with Crippen LogP contribution in [0.1, 0.15) is 16.1 Å². The lowest BCUT2D eigenvalue weighted by Crippen LogP contribution is -2.31. The quantitative estimate of drug-likeness (QED) is 0.407. The zero-order valence-electron chi connectivity index (χ0n) is 9.84. The Labute approximate surface area is 104 Å². The number of hydrazine groups is 1. The van der Waals surface area contributed by atoms with Crippen molar-refractivity contribution in [1.29, 1.82) is 0 Å². The highest BCUT2D eigenvalue weighted by Crippen LogP contribution is 2.18. The lowest BCUT2D eigenvalue weighted by atomic mass is 10.1. The second-order valence-electron chi connectivity index (χ2n) is 3.83. The van der Waals surface area contributed by atoms with Gasteiger partial charge in [0.1, 0.15) is 0 Å². The summed E-state index contributed by atoms with van der Waals surface area (Å²) in [6.07, 6.45) is 1.52. The molecule has 18 heavy (non-hydrogen) atoms. The van der Waals surface area contributed by atoms with Gasteiger partial charge in [0.25, 0.3) is 5.91 Å². The van der Waals surface area contributed by atoms with Crippen LogP contribution in [0.4, 0.5) is 5.82 Å². The number of carbonyl (C=O) groups excluding carboxylic acids is 1. The summed E-state index contributed by atoms with van der Waals surface area (Å²) in [5, 5.41) is 0. The fourth-order valence-electron chi connectivity index (χ4n) is 1.50. The minimum Gasteiger partial charge on any atom is -0.382 e. The summed E-state index contributed by atoms with van der Waals surface area (Å²) in [5.74, 6) is 4.55. The molecule has 0 spiro atoms. The topological polar surface area (TPSA) is 107 Å². The molecule has 1 aromatic heterocycles. The number of amides is 1. The Morgan fingerprint density at radius 3 is 2.56 bits per heavy atom. The number of hydrogen-bond donors (Lipinski definition) is 3. The fraction of sp³-hybridized carbons (Fsp3) is 0.0833. The second kappa shape index (κ2) is 4.80. The first-order valence-corrected chi connectivity index (χ1v) is 5.32. The Hall–Kier alpha value is -2.47. The van der Waals surface area contributed by atoms with Crippen LogP contribution >= 0.6 is 0 Å². The predicted octanol–water partition coefficient (Wildman–Crippen LogP) is 0.638. The number of nitrogens with one attached hydrogen (secondary N) is 1. The van der Waals surface area contributed by atoms with Crippen LogP contribution in [0, 0.1) is 6.92 Å². The molecule has 1 amide bonds. The molecule has 0 aliphatic carbocycles. The number of rotatable bonds is 2. The maximum atomic E-state index is 11.5.